The Labute approximate surface area is 159 Å². The number of benzene rings is 4. The van der Waals surface area contributed by atoms with Crippen LogP contribution in [0.1, 0.15) is 25.0 Å². The summed E-state index contributed by atoms with van der Waals surface area (Å²) in [6, 6.07) is 28.1. The Balaban J connectivity index is 1.94. The molecule has 0 spiro atoms. The lowest BCUT2D eigenvalue weighted by Gasteiger charge is -2.23. The maximum atomic E-state index is 6.29. The van der Waals surface area contributed by atoms with Crippen molar-refractivity contribution in [3.8, 4) is 22.3 Å². The van der Waals surface area contributed by atoms with E-state index in [4.69, 9.17) is 11.6 Å². The molecular formula is C25H19Cl. The molecule has 0 bridgehead atoms. The van der Waals surface area contributed by atoms with Crippen molar-refractivity contribution in [1.29, 1.82) is 0 Å². The van der Waals surface area contributed by atoms with E-state index in [1.165, 1.54) is 44.2 Å². The van der Waals surface area contributed by atoms with Gasteiger partial charge in [0.2, 0.25) is 0 Å². The second-order valence-corrected chi connectivity index (χ2v) is 8.01. The van der Waals surface area contributed by atoms with E-state index < -0.39 is 0 Å². The summed E-state index contributed by atoms with van der Waals surface area (Å²) >= 11 is 6.29. The van der Waals surface area contributed by atoms with Crippen molar-refractivity contribution in [3.05, 3.63) is 95.0 Å². The molecular weight excluding hydrogens is 336 g/mol. The van der Waals surface area contributed by atoms with Crippen LogP contribution in [0.15, 0.2) is 78.9 Å². The lowest BCUT2D eigenvalue weighted by Crippen LogP contribution is -2.15. The average Bonchev–Trinajstić information content (AvgIpc) is 2.89. The van der Waals surface area contributed by atoms with Gasteiger partial charge in [0.15, 0.2) is 0 Å². The highest BCUT2D eigenvalue weighted by atomic mass is 35.5. The highest BCUT2D eigenvalue weighted by Gasteiger charge is 2.36. The first-order valence-electron chi connectivity index (χ1n) is 8.99. The minimum absolute atomic E-state index is 0.0106. The van der Waals surface area contributed by atoms with Crippen LogP contribution in [0.4, 0.5) is 0 Å². The average molecular weight is 355 g/mol. The Hall–Kier alpha value is -2.57. The molecule has 0 aromatic heterocycles. The first kappa shape index (κ1) is 15.7. The lowest BCUT2D eigenvalue weighted by atomic mass is 9.80. The number of hydrogen-bond donors (Lipinski definition) is 0. The van der Waals surface area contributed by atoms with Crippen LogP contribution >= 0.6 is 11.6 Å². The molecule has 0 heterocycles. The molecule has 1 aliphatic carbocycles. The monoisotopic (exact) mass is 354 g/mol. The van der Waals surface area contributed by atoms with Crippen molar-refractivity contribution in [3.63, 3.8) is 0 Å². The molecule has 4 aromatic rings. The Bertz CT molecular complexity index is 1170. The zero-order valence-electron chi connectivity index (χ0n) is 14.9. The largest absolute Gasteiger partial charge is 0.0843 e. The zero-order chi connectivity index (χ0) is 17.9. The van der Waals surface area contributed by atoms with Crippen LogP contribution in [-0.2, 0) is 5.41 Å². The standard InChI is InChI=1S/C25H19Cl/c1-25(2)22-13-6-5-12-20(22)24-19-11-4-3-10-18(19)21(15-23(24)25)16-8-7-9-17(26)14-16/h3-15H,1-2H3. The van der Waals surface area contributed by atoms with E-state index in [0.717, 1.165) is 5.02 Å². The van der Waals surface area contributed by atoms with Gasteiger partial charge < -0.3 is 0 Å². The van der Waals surface area contributed by atoms with Gasteiger partial charge in [-0.3, -0.25) is 0 Å². The van der Waals surface area contributed by atoms with Crippen molar-refractivity contribution in [2.24, 2.45) is 0 Å². The summed E-state index contributed by atoms with van der Waals surface area (Å²) in [6.45, 7) is 4.66. The third kappa shape index (κ3) is 2.09. The van der Waals surface area contributed by atoms with E-state index in [2.05, 4.69) is 80.6 Å². The molecule has 0 radical (unpaired) electrons. The predicted molar refractivity (Wildman–Crippen MR) is 112 cm³/mol. The SMILES string of the molecule is CC1(C)c2ccccc2-c2c1cc(-c1cccc(Cl)c1)c1ccccc21. The second kappa shape index (κ2) is 5.46. The fourth-order valence-electron chi connectivity index (χ4n) is 4.44. The van der Waals surface area contributed by atoms with Gasteiger partial charge in [-0.25, -0.2) is 0 Å². The van der Waals surface area contributed by atoms with Gasteiger partial charge in [-0.2, -0.15) is 0 Å². The van der Waals surface area contributed by atoms with Crippen LogP contribution in [0, 0.1) is 0 Å². The van der Waals surface area contributed by atoms with Crippen LogP contribution in [0.25, 0.3) is 33.0 Å². The highest BCUT2D eigenvalue weighted by Crippen LogP contribution is 2.52. The van der Waals surface area contributed by atoms with Crippen LogP contribution in [0.2, 0.25) is 5.02 Å². The summed E-state index contributed by atoms with van der Waals surface area (Å²) in [6.07, 6.45) is 0. The van der Waals surface area contributed by atoms with Gasteiger partial charge in [0.25, 0.3) is 0 Å². The van der Waals surface area contributed by atoms with Crippen molar-refractivity contribution in [2.45, 2.75) is 19.3 Å². The molecule has 0 saturated carbocycles. The summed E-state index contributed by atoms with van der Waals surface area (Å²) in [5.74, 6) is 0. The molecule has 0 fully saturated rings. The third-order valence-electron chi connectivity index (χ3n) is 5.72. The van der Waals surface area contributed by atoms with Gasteiger partial charge in [0.1, 0.15) is 0 Å². The van der Waals surface area contributed by atoms with E-state index >= 15 is 0 Å². The first-order valence-corrected chi connectivity index (χ1v) is 9.37. The molecule has 0 amide bonds. The molecule has 5 rings (SSSR count). The Morgan fingerprint density at radius 1 is 0.654 bits per heavy atom. The maximum absolute atomic E-state index is 6.29. The Morgan fingerprint density at radius 3 is 2.19 bits per heavy atom. The van der Waals surface area contributed by atoms with E-state index in [9.17, 15) is 0 Å². The van der Waals surface area contributed by atoms with Crippen molar-refractivity contribution < 1.29 is 0 Å². The van der Waals surface area contributed by atoms with Crippen molar-refractivity contribution in [1.82, 2.24) is 0 Å². The summed E-state index contributed by atoms with van der Waals surface area (Å²) in [5, 5.41) is 3.37. The van der Waals surface area contributed by atoms with Gasteiger partial charge in [-0.05, 0) is 62.4 Å². The first-order chi connectivity index (χ1) is 12.6. The molecule has 26 heavy (non-hydrogen) atoms. The summed E-state index contributed by atoms with van der Waals surface area (Å²) in [7, 11) is 0. The van der Waals surface area contributed by atoms with Crippen LogP contribution in [0.3, 0.4) is 0 Å². The molecule has 1 aliphatic rings. The molecule has 0 aliphatic heterocycles. The third-order valence-corrected chi connectivity index (χ3v) is 5.96. The summed E-state index contributed by atoms with van der Waals surface area (Å²) < 4.78 is 0. The van der Waals surface area contributed by atoms with Gasteiger partial charge in [0.05, 0.1) is 0 Å². The number of rotatable bonds is 1. The molecule has 126 valence electrons. The van der Waals surface area contributed by atoms with E-state index in [1.54, 1.807) is 0 Å². The second-order valence-electron chi connectivity index (χ2n) is 7.57. The Morgan fingerprint density at radius 2 is 1.38 bits per heavy atom. The zero-order valence-corrected chi connectivity index (χ0v) is 15.6. The van der Waals surface area contributed by atoms with E-state index in [1.807, 2.05) is 12.1 Å². The van der Waals surface area contributed by atoms with Gasteiger partial charge in [-0.1, -0.05) is 86.1 Å². The van der Waals surface area contributed by atoms with Gasteiger partial charge in [0, 0.05) is 10.4 Å². The molecule has 0 N–H and O–H groups in total. The van der Waals surface area contributed by atoms with Crippen molar-refractivity contribution in [2.75, 3.05) is 0 Å². The fourth-order valence-corrected chi connectivity index (χ4v) is 4.63. The smallest absolute Gasteiger partial charge is 0.0412 e. The quantitative estimate of drug-likeness (QED) is 0.332. The topological polar surface area (TPSA) is 0 Å². The summed E-state index contributed by atoms with van der Waals surface area (Å²) in [5.41, 5.74) is 7.96. The summed E-state index contributed by atoms with van der Waals surface area (Å²) in [4.78, 5) is 0. The molecule has 1 heteroatoms. The van der Waals surface area contributed by atoms with Gasteiger partial charge in [-0.15, -0.1) is 0 Å². The minimum atomic E-state index is -0.0106. The van der Waals surface area contributed by atoms with E-state index in [-0.39, 0.29) is 5.41 Å². The number of fused-ring (bicyclic) bond motifs is 5. The lowest BCUT2D eigenvalue weighted by molar-refractivity contribution is 0.661. The normalized spacial score (nSPS) is 14.3. The van der Waals surface area contributed by atoms with Crippen LogP contribution < -0.4 is 0 Å². The Kier molecular flexibility index (Phi) is 3.29. The minimum Gasteiger partial charge on any atom is -0.0843 e. The predicted octanol–water partition coefficient (Wildman–Crippen LogP) is 7.47. The molecule has 0 atom stereocenters. The molecule has 0 nitrogen and oxygen atoms in total. The van der Waals surface area contributed by atoms with Crippen molar-refractivity contribution >= 4 is 22.4 Å². The highest BCUT2D eigenvalue weighted by molar-refractivity contribution is 6.31. The van der Waals surface area contributed by atoms with Gasteiger partial charge >= 0.3 is 0 Å². The molecule has 0 saturated heterocycles. The number of hydrogen-bond acceptors (Lipinski definition) is 0. The number of halogens is 1. The van der Waals surface area contributed by atoms with Crippen LogP contribution in [0.5, 0.6) is 0 Å². The van der Waals surface area contributed by atoms with Crippen LogP contribution in [-0.4, -0.2) is 0 Å². The van der Waals surface area contributed by atoms with E-state index in [0.29, 0.717) is 0 Å². The molecule has 4 aromatic carbocycles. The molecule has 0 unspecified atom stereocenters. The maximum Gasteiger partial charge on any atom is 0.0412 e. The fraction of sp³-hybridized carbons (Fsp3) is 0.120.